The highest BCUT2D eigenvalue weighted by atomic mass is 19.3. The molecule has 1 fully saturated rings. The molecule has 176 valence electrons. The van der Waals surface area contributed by atoms with Gasteiger partial charge in [-0.15, -0.1) is 0 Å². The molecule has 0 unspecified atom stereocenters. The van der Waals surface area contributed by atoms with Gasteiger partial charge in [-0.1, -0.05) is 12.1 Å². The van der Waals surface area contributed by atoms with Crippen molar-refractivity contribution in [2.24, 2.45) is 0 Å². The average Bonchev–Trinajstić information content (AvgIpc) is 3.30. The summed E-state index contributed by atoms with van der Waals surface area (Å²) < 4.78 is 51.0. The van der Waals surface area contributed by atoms with Crippen molar-refractivity contribution in [3.8, 4) is 23.0 Å². The van der Waals surface area contributed by atoms with E-state index >= 15 is 0 Å². The molecule has 0 saturated carbocycles. The van der Waals surface area contributed by atoms with Gasteiger partial charge >= 0.3 is 6.61 Å². The Balaban J connectivity index is 1.43. The van der Waals surface area contributed by atoms with E-state index in [4.69, 9.17) is 18.9 Å². The van der Waals surface area contributed by atoms with Crippen molar-refractivity contribution in [2.45, 2.75) is 24.9 Å². The van der Waals surface area contributed by atoms with E-state index < -0.39 is 6.61 Å². The van der Waals surface area contributed by atoms with Crippen LogP contribution in [0.15, 0.2) is 42.5 Å². The van der Waals surface area contributed by atoms with Gasteiger partial charge in [-0.2, -0.15) is 8.78 Å². The van der Waals surface area contributed by atoms with E-state index in [2.05, 4.69) is 10.1 Å². The van der Waals surface area contributed by atoms with Gasteiger partial charge in [0, 0.05) is 31.2 Å². The summed E-state index contributed by atoms with van der Waals surface area (Å²) in [5.41, 5.74) is 1.40. The molecule has 7 nitrogen and oxygen atoms in total. The predicted molar refractivity (Wildman–Crippen MR) is 116 cm³/mol. The summed E-state index contributed by atoms with van der Waals surface area (Å²) in [4.78, 5) is 12.6. The largest absolute Gasteiger partial charge is 0.493 e. The van der Waals surface area contributed by atoms with Crippen molar-refractivity contribution >= 4 is 12.0 Å². The van der Waals surface area contributed by atoms with Gasteiger partial charge in [0.15, 0.2) is 23.0 Å². The number of alkyl halides is 2. The van der Waals surface area contributed by atoms with Gasteiger partial charge in [0.2, 0.25) is 12.7 Å². The van der Waals surface area contributed by atoms with Crippen molar-refractivity contribution in [1.29, 1.82) is 0 Å². The Morgan fingerprint density at radius 2 is 1.91 bits per heavy atom. The van der Waals surface area contributed by atoms with Crippen LogP contribution < -0.4 is 24.3 Å². The molecule has 2 heterocycles. The Labute approximate surface area is 190 Å². The summed E-state index contributed by atoms with van der Waals surface area (Å²) in [6.45, 7) is -1.10. The van der Waals surface area contributed by atoms with E-state index in [9.17, 15) is 13.6 Å². The van der Waals surface area contributed by atoms with Gasteiger partial charge in [0.05, 0.1) is 7.11 Å². The van der Waals surface area contributed by atoms with Crippen LogP contribution in [0.5, 0.6) is 23.0 Å². The molecule has 0 atom stereocenters. The second kappa shape index (κ2) is 10.1. The summed E-state index contributed by atoms with van der Waals surface area (Å²) in [6, 6.07) is 10.3. The molecule has 0 spiro atoms. The molecule has 2 aliphatic rings. The summed E-state index contributed by atoms with van der Waals surface area (Å²) in [5, 5.41) is 2.99. The van der Waals surface area contributed by atoms with E-state index in [1.54, 1.807) is 12.1 Å². The maximum absolute atomic E-state index is 12.6. The number of fused-ring (bicyclic) bond motifs is 1. The average molecular weight is 461 g/mol. The Morgan fingerprint density at radius 1 is 1.12 bits per heavy atom. The van der Waals surface area contributed by atoms with Gasteiger partial charge in [-0.05, 0) is 54.3 Å². The molecule has 1 amide bonds. The van der Waals surface area contributed by atoms with E-state index in [0.717, 1.165) is 18.4 Å². The van der Waals surface area contributed by atoms with Crippen LogP contribution >= 0.6 is 0 Å². The van der Waals surface area contributed by atoms with Crippen molar-refractivity contribution in [2.75, 3.05) is 33.7 Å². The SMILES string of the molecule is COc1cc(/C=C/C(=O)NCC2(c3ccc4c(c3)OCO4)CCOCC2)ccc1OC(F)F. The third-order valence-electron chi connectivity index (χ3n) is 5.87. The molecule has 2 aromatic rings. The smallest absolute Gasteiger partial charge is 0.387 e. The lowest BCUT2D eigenvalue weighted by atomic mass is 9.74. The third kappa shape index (κ3) is 5.36. The third-order valence-corrected chi connectivity index (χ3v) is 5.87. The number of nitrogens with one attached hydrogen (secondary N) is 1. The lowest BCUT2D eigenvalue weighted by Crippen LogP contribution is -2.44. The molecule has 2 aliphatic heterocycles. The second-order valence-electron chi connectivity index (χ2n) is 7.80. The molecule has 2 aromatic carbocycles. The summed E-state index contributed by atoms with van der Waals surface area (Å²) in [7, 11) is 1.36. The minimum atomic E-state index is -2.95. The lowest BCUT2D eigenvalue weighted by Gasteiger charge is -2.38. The van der Waals surface area contributed by atoms with Crippen LogP contribution in [0.3, 0.4) is 0 Å². The van der Waals surface area contributed by atoms with Gasteiger partial charge in [0.1, 0.15) is 0 Å². The Bertz CT molecular complexity index is 1020. The van der Waals surface area contributed by atoms with Crippen LogP contribution in [-0.4, -0.2) is 46.2 Å². The molecule has 9 heteroatoms. The van der Waals surface area contributed by atoms with Crippen molar-refractivity contribution in [3.63, 3.8) is 0 Å². The zero-order valence-electron chi connectivity index (χ0n) is 18.1. The molecule has 0 aromatic heterocycles. The first-order valence-electron chi connectivity index (χ1n) is 10.6. The number of methoxy groups -OCH3 is 1. The number of hydrogen-bond acceptors (Lipinski definition) is 6. The highest BCUT2D eigenvalue weighted by Gasteiger charge is 2.36. The van der Waals surface area contributed by atoms with Crippen LogP contribution in [0.2, 0.25) is 0 Å². The molecule has 1 N–H and O–H groups in total. The summed E-state index contributed by atoms with van der Waals surface area (Å²) >= 11 is 0. The van der Waals surface area contributed by atoms with Crippen molar-refractivity contribution in [1.82, 2.24) is 5.32 Å². The second-order valence-corrected chi connectivity index (χ2v) is 7.80. The summed E-state index contributed by atoms with van der Waals surface area (Å²) in [5.74, 6) is 1.24. The minimum absolute atomic E-state index is 0.0701. The molecule has 0 aliphatic carbocycles. The monoisotopic (exact) mass is 461 g/mol. The highest BCUT2D eigenvalue weighted by molar-refractivity contribution is 5.91. The first kappa shape index (κ1) is 22.8. The zero-order chi connectivity index (χ0) is 23.3. The number of rotatable bonds is 8. The number of hydrogen-bond donors (Lipinski definition) is 1. The summed E-state index contributed by atoms with van der Waals surface area (Å²) in [6.07, 6.45) is 4.51. The maximum atomic E-state index is 12.6. The lowest BCUT2D eigenvalue weighted by molar-refractivity contribution is -0.116. The van der Waals surface area contributed by atoms with E-state index in [0.29, 0.717) is 36.8 Å². The number of halogens is 2. The van der Waals surface area contributed by atoms with E-state index in [1.807, 2.05) is 18.2 Å². The Morgan fingerprint density at radius 3 is 2.67 bits per heavy atom. The van der Waals surface area contributed by atoms with Gasteiger partial charge < -0.3 is 29.0 Å². The molecular weight excluding hydrogens is 436 g/mol. The fourth-order valence-corrected chi connectivity index (χ4v) is 4.02. The first-order chi connectivity index (χ1) is 16.0. The van der Waals surface area contributed by atoms with Crippen LogP contribution in [0.25, 0.3) is 6.08 Å². The normalized spacial score (nSPS) is 16.7. The molecule has 1 saturated heterocycles. The zero-order valence-corrected chi connectivity index (χ0v) is 18.1. The molecule has 4 rings (SSSR count). The van der Waals surface area contributed by atoms with Crippen LogP contribution in [0.4, 0.5) is 8.78 Å². The fraction of sp³-hybridized carbons (Fsp3) is 0.375. The van der Waals surface area contributed by atoms with E-state index in [-0.39, 0.29) is 29.6 Å². The van der Waals surface area contributed by atoms with Crippen LogP contribution in [-0.2, 0) is 14.9 Å². The predicted octanol–water partition coefficient (Wildman–Crippen LogP) is 3.90. The van der Waals surface area contributed by atoms with Gasteiger partial charge in [-0.25, -0.2) is 0 Å². The fourth-order valence-electron chi connectivity index (χ4n) is 4.02. The first-order valence-corrected chi connectivity index (χ1v) is 10.6. The van der Waals surface area contributed by atoms with Gasteiger partial charge in [-0.3, -0.25) is 4.79 Å². The number of carbonyl (C=O) groups is 1. The van der Waals surface area contributed by atoms with Crippen molar-refractivity contribution in [3.05, 3.63) is 53.6 Å². The van der Waals surface area contributed by atoms with Crippen LogP contribution in [0, 0.1) is 0 Å². The maximum Gasteiger partial charge on any atom is 0.387 e. The molecule has 33 heavy (non-hydrogen) atoms. The van der Waals surface area contributed by atoms with E-state index in [1.165, 1.54) is 25.3 Å². The molecular formula is C24H25F2NO6. The van der Waals surface area contributed by atoms with Gasteiger partial charge in [0.25, 0.3) is 0 Å². The standard InChI is InChI=1S/C24H25F2NO6/c1-29-20-12-16(2-5-19(20)33-23(25)26)3-7-22(28)27-14-24(8-10-30-11-9-24)17-4-6-18-21(13-17)32-15-31-18/h2-7,12-13,23H,8-11,14-15H2,1H3,(H,27,28)/b7-3+. The Kier molecular flexibility index (Phi) is 6.98. The quantitative estimate of drug-likeness (QED) is 0.601. The van der Waals surface area contributed by atoms with Crippen LogP contribution in [0.1, 0.15) is 24.0 Å². The van der Waals surface area contributed by atoms with Crippen molar-refractivity contribution < 1.29 is 37.3 Å². The minimum Gasteiger partial charge on any atom is -0.493 e. The number of benzene rings is 2. The molecule has 0 bridgehead atoms. The molecule has 0 radical (unpaired) electrons. The Hall–Kier alpha value is -3.33. The topological polar surface area (TPSA) is 75.3 Å². The number of carbonyl (C=O) groups excluding carboxylic acids is 1. The number of amides is 1. The highest BCUT2D eigenvalue weighted by Crippen LogP contribution is 2.40. The number of ether oxygens (including phenoxy) is 5.